The molecule has 2 aliphatic carbocycles. The summed E-state index contributed by atoms with van der Waals surface area (Å²) in [4.78, 5) is 0. The van der Waals surface area contributed by atoms with E-state index in [1.807, 2.05) is 0 Å². The fraction of sp³-hybridized carbons (Fsp3) is 0.929. The molecule has 0 heterocycles. The normalized spacial score (nSPS) is 28.2. The molecule has 2 rings (SSSR count). The van der Waals surface area contributed by atoms with Gasteiger partial charge in [-0.15, -0.1) is 0 Å². The Kier molecular flexibility index (Phi) is 3.86. The molecule has 0 aromatic heterocycles. The van der Waals surface area contributed by atoms with Crippen LogP contribution in [-0.4, -0.2) is 11.2 Å². The second-order valence-electron chi connectivity index (χ2n) is 5.67. The van der Waals surface area contributed by atoms with Crippen LogP contribution in [0.15, 0.2) is 0 Å². The highest BCUT2D eigenvalue weighted by atomic mass is 16.3. The molecule has 1 N–H and O–H groups in total. The molecule has 90 valence electrons. The maximum atomic E-state index is 10.5. The van der Waals surface area contributed by atoms with Gasteiger partial charge in [-0.2, -0.15) is 5.26 Å². The van der Waals surface area contributed by atoms with Crippen molar-refractivity contribution in [1.82, 2.24) is 0 Å². The van der Waals surface area contributed by atoms with Crippen LogP contribution in [0.25, 0.3) is 0 Å². The van der Waals surface area contributed by atoms with E-state index in [2.05, 4.69) is 6.07 Å². The van der Waals surface area contributed by atoms with E-state index in [1.165, 1.54) is 25.7 Å². The van der Waals surface area contributed by atoms with Crippen molar-refractivity contribution in [1.29, 1.82) is 5.26 Å². The molecule has 1 unspecified atom stereocenters. The average molecular weight is 221 g/mol. The van der Waals surface area contributed by atoms with Crippen LogP contribution in [0.4, 0.5) is 0 Å². The van der Waals surface area contributed by atoms with E-state index in [-0.39, 0.29) is 6.10 Å². The lowest BCUT2D eigenvalue weighted by Gasteiger charge is -2.33. The molecule has 2 fully saturated rings. The molecule has 0 radical (unpaired) electrons. The molecule has 16 heavy (non-hydrogen) atoms. The highest BCUT2D eigenvalue weighted by molar-refractivity contribution is 5.07. The first-order valence-electron chi connectivity index (χ1n) is 6.88. The van der Waals surface area contributed by atoms with Gasteiger partial charge in [-0.25, -0.2) is 0 Å². The maximum Gasteiger partial charge on any atom is 0.0835 e. The predicted molar refractivity (Wildman–Crippen MR) is 63.7 cm³/mol. The van der Waals surface area contributed by atoms with Gasteiger partial charge < -0.3 is 5.11 Å². The zero-order valence-electron chi connectivity index (χ0n) is 10.1. The van der Waals surface area contributed by atoms with E-state index in [4.69, 9.17) is 0 Å². The first kappa shape index (κ1) is 11.9. The molecule has 1 atom stereocenters. The number of nitriles is 1. The van der Waals surface area contributed by atoms with Crippen molar-refractivity contribution >= 4 is 0 Å². The quantitative estimate of drug-likeness (QED) is 0.726. The molecule has 0 spiro atoms. The highest BCUT2D eigenvalue weighted by Gasteiger charge is 2.44. The van der Waals surface area contributed by atoms with Crippen molar-refractivity contribution in [2.75, 3.05) is 0 Å². The van der Waals surface area contributed by atoms with Crippen molar-refractivity contribution in [2.45, 2.75) is 70.3 Å². The van der Waals surface area contributed by atoms with Crippen LogP contribution in [0.2, 0.25) is 0 Å². The molecule has 0 aliphatic heterocycles. The van der Waals surface area contributed by atoms with Crippen LogP contribution in [-0.2, 0) is 0 Å². The topological polar surface area (TPSA) is 44.0 Å². The van der Waals surface area contributed by atoms with Gasteiger partial charge in [0.05, 0.1) is 17.6 Å². The summed E-state index contributed by atoms with van der Waals surface area (Å²) in [6.45, 7) is 0. The Bertz CT molecular complexity index is 254. The highest BCUT2D eigenvalue weighted by Crippen LogP contribution is 2.45. The largest absolute Gasteiger partial charge is 0.391 e. The molecular weight excluding hydrogens is 198 g/mol. The van der Waals surface area contributed by atoms with Crippen LogP contribution >= 0.6 is 0 Å². The summed E-state index contributed by atoms with van der Waals surface area (Å²) in [5, 5.41) is 19.9. The molecule has 0 bridgehead atoms. The number of rotatable bonds is 2. The van der Waals surface area contributed by atoms with E-state index in [0.29, 0.717) is 5.92 Å². The molecule has 2 heteroatoms. The first-order valence-corrected chi connectivity index (χ1v) is 6.88. The lowest BCUT2D eigenvalue weighted by Crippen LogP contribution is -2.37. The maximum absolute atomic E-state index is 10.5. The first-order chi connectivity index (χ1) is 7.78. The van der Waals surface area contributed by atoms with Gasteiger partial charge in [0.2, 0.25) is 0 Å². The molecule has 2 saturated carbocycles. The van der Waals surface area contributed by atoms with Gasteiger partial charge in [0.1, 0.15) is 0 Å². The minimum absolute atomic E-state index is 0.363. The number of nitrogens with zero attached hydrogens (tertiary/aromatic N) is 1. The monoisotopic (exact) mass is 221 g/mol. The van der Waals surface area contributed by atoms with Crippen molar-refractivity contribution in [3.8, 4) is 6.07 Å². The smallest absolute Gasteiger partial charge is 0.0835 e. The van der Waals surface area contributed by atoms with Crippen molar-refractivity contribution in [2.24, 2.45) is 11.3 Å². The molecule has 0 aromatic carbocycles. The molecule has 2 aliphatic rings. The fourth-order valence-electron chi connectivity index (χ4n) is 3.56. The lowest BCUT2D eigenvalue weighted by molar-refractivity contribution is 0.0101. The second kappa shape index (κ2) is 5.19. The summed E-state index contributed by atoms with van der Waals surface area (Å²) in [5.41, 5.74) is -0.394. The standard InChI is InChI=1S/C14H23NO/c15-11-14(9-5-6-10-14)13(16)12-7-3-1-2-4-8-12/h12-13,16H,1-10H2. The Morgan fingerprint density at radius 1 is 1.00 bits per heavy atom. The van der Waals surface area contributed by atoms with E-state index >= 15 is 0 Å². The SMILES string of the molecule is N#CC1(C(O)C2CCCCCC2)CCCC1. The van der Waals surface area contributed by atoms with Crippen molar-refractivity contribution in [3.63, 3.8) is 0 Å². The van der Waals surface area contributed by atoms with E-state index in [1.54, 1.807) is 0 Å². The summed E-state index contributed by atoms with van der Waals surface area (Å²) in [5.74, 6) is 0.389. The van der Waals surface area contributed by atoms with Gasteiger partial charge in [0.15, 0.2) is 0 Å². The van der Waals surface area contributed by atoms with Crippen LogP contribution in [0.5, 0.6) is 0 Å². The lowest BCUT2D eigenvalue weighted by atomic mass is 9.74. The Labute approximate surface area is 98.7 Å². The van der Waals surface area contributed by atoms with E-state index in [0.717, 1.165) is 38.5 Å². The van der Waals surface area contributed by atoms with Gasteiger partial charge in [-0.3, -0.25) is 0 Å². The van der Waals surface area contributed by atoms with Crippen LogP contribution < -0.4 is 0 Å². The number of hydrogen-bond donors (Lipinski definition) is 1. The van der Waals surface area contributed by atoms with Gasteiger partial charge in [0.25, 0.3) is 0 Å². The number of aliphatic hydroxyl groups is 1. The van der Waals surface area contributed by atoms with Gasteiger partial charge in [-0.1, -0.05) is 38.5 Å². The molecular formula is C14H23NO. The van der Waals surface area contributed by atoms with Crippen LogP contribution in [0.1, 0.15) is 64.2 Å². The van der Waals surface area contributed by atoms with Crippen molar-refractivity contribution in [3.05, 3.63) is 0 Å². The minimum atomic E-state index is -0.394. The van der Waals surface area contributed by atoms with Gasteiger partial charge in [0, 0.05) is 0 Å². The van der Waals surface area contributed by atoms with Crippen molar-refractivity contribution < 1.29 is 5.11 Å². The van der Waals surface area contributed by atoms with Gasteiger partial charge in [-0.05, 0) is 31.6 Å². The average Bonchev–Trinajstić information content (AvgIpc) is 2.64. The van der Waals surface area contributed by atoms with Gasteiger partial charge >= 0.3 is 0 Å². The third-order valence-corrected chi connectivity index (χ3v) is 4.63. The Morgan fingerprint density at radius 3 is 2.06 bits per heavy atom. The number of hydrogen-bond acceptors (Lipinski definition) is 2. The Morgan fingerprint density at radius 2 is 1.56 bits per heavy atom. The Balaban J connectivity index is 2.04. The molecule has 0 saturated heterocycles. The third kappa shape index (κ3) is 2.25. The Hall–Kier alpha value is -0.550. The fourth-order valence-corrected chi connectivity index (χ4v) is 3.56. The summed E-state index contributed by atoms with van der Waals surface area (Å²) in [6, 6.07) is 2.44. The summed E-state index contributed by atoms with van der Waals surface area (Å²) >= 11 is 0. The third-order valence-electron chi connectivity index (χ3n) is 4.63. The minimum Gasteiger partial charge on any atom is -0.391 e. The van der Waals surface area contributed by atoms with E-state index in [9.17, 15) is 10.4 Å². The van der Waals surface area contributed by atoms with E-state index < -0.39 is 5.41 Å². The summed E-state index contributed by atoms with van der Waals surface area (Å²) in [7, 11) is 0. The summed E-state index contributed by atoms with van der Waals surface area (Å²) < 4.78 is 0. The van der Waals surface area contributed by atoms with Crippen LogP contribution in [0, 0.1) is 22.7 Å². The van der Waals surface area contributed by atoms with Crippen LogP contribution in [0.3, 0.4) is 0 Å². The predicted octanol–water partition coefficient (Wildman–Crippen LogP) is 3.40. The zero-order chi connectivity index (χ0) is 11.4. The second-order valence-corrected chi connectivity index (χ2v) is 5.67. The molecule has 2 nitrogen and oxygen atoms in total. The zero-order valence-corrected chi connectivity index (χ0v) is 10.1. The summed E-state index contributed by atoms with van der Waals surface area (Å²) in [6.07, 6.45) is 11.1. The molecule has 0 amide bonds. The molecule has 0 aromatic rings. The number of aliphatic hydroxyl groups excluding tert-OH is 1.